The monoisotopic (exact) mass is 366 g/mol. The van der Waals surface area contributed by atoms with Gasteiger partial charge in [-0.2, -0.15) is 4.68 Å². The molecule has 0 aliphatic carbocycles. The highest BCUT2D eigenvalue weighted by atomic mass is 32.2. The molecule has 0 N–H and O–H groups in total. The zero-order chi connectivity index (χ0) is 18.8. The van der Waals surface area contributed by atoms with Crippen LogP contribution in [0.3, 0.4) is 0 Å². The Bertz CT molecular complexity index is 944. The van der Waals surface area contributed by atoms with Crippen molar-refractivity contribution >= 4 is 17.5 Å². The van der Waals surface area contributed by atoms with E-state index < -0.39 is 0 Å². The fourth-order valence-electron chi connectivity index (χ4n) is 2.87. The number of aromatic nitrogens is 4. The van der Waals surface area contributed by atoms with Crippen molar-refractivity contribution in [3.63, 3.8) is 0 Å². The molecule has 0 bridgehead atoms. The van der Waals surface area contributed by atoms with E-state index in [9.17, 15) is 4.79 Å². The van der Waals surface area contributed by atoms with Gasteiger partial charge in [0.25, 0.3) is 0 Å². The standard InChI is InChI=1S/C20H22N4OS/c1-12-9-10-17(11-15(12)4)19(25)16(5)26-20-21-22-23-24(20)18-13(2)7-6-8-14(18)3/h6-11,16H,1-5H3. The SMILES string of the molecule is Cc1ccc(C(=O)C(C)Sc2nnnn2-c2c(C)cccc2C)cc1C. The molecule has 3 aromatic rings. The van der Waals surface area contributed by atoms with Gasteiger partial charge in [0.15, 0.2) is 5.78 Å². The third-order valence-electron chi connectivity index (χ3n) is 4.54. The maximum absolute atomic E-state index is 12.8. The number of hydrogen-bond acceptors (Lipinski definition) is 5. The third kappa shape index (κ3) is 3.55. The van der Waals surface area contributed by atoms with Crippen LogP contribution < -0.4 is 0 Å². The normalized spacial score (nSPS) is 12.2. The average Bonchev–Trinajstić information content (AvgIpc) is 3.04. The Morgan fingerprint density at radius 1 is 1.00 bits per heavy atom. The van der Waals surface area contributed by atoms with E-state index in [4.69, 9.17) is 0 Å². The fraction of sp³-hybridized carbons (Fsp3) is 0.300. The van der Waals surface area contributed by atoms with E-state index in [1.807, 2.05) is 71.0 Å². The van der Waals surface area contributed by atoms with E-state index in [1.165, 1.54) is 17.3 Å². The number of benzene rings is 2. The van der Waals surface area contributed by atoms with E-state index in [0.717, 1.165) is 27.9 Å². The second-order valence-corrected chi connectivity index (χ2v) is 7.85. The smallest absolute Gasteiger partial charge is 0.214 e. The van der Waals surface area contributed by atoms with Crippen molar-refractivity contribution in [2.75, 3.05) is 0 Å². The van der Waals surface area contributed by atoms with Crippen LogP contribution in [0.4, 0.5) is 0 Å². The van der Waals surface area contributed by atoms with Gasteiger partial charge >= 0.3 is 0 Å². The first-order valence-electron chi connectivity index (χ1n) is 8.51. The number of tetrazole rings is 1. The lowest BCUT2D eigenvalue weighted by Gasteiger charge is -2.13. The van der Waals surface area contributed by atoms with Crippen molar-refractivity contribution < 1.29 is 4.79 Å². The number of para-hydroxylation sites is 1. The first-order valence-corrected chi connectivity index (χ1v) is 9.39. The summed E-state index contributed by atoms with van der Waals surface area (Å²) >= 11 is 1.38. The van der Waals surface area contributed by atoms with Crippen LogP contribution in [-0.2, 0) is 0 Å². The molecule has 1 aromatic heterocycles. The molecule has 134 valence electrons. The molecule has 0 fully saturated rings. The third-order valence-corrected chi connectivity index (χ3v) is 5.57. The predicted octanol–water partition coefficient (Wildman–Crippen LogP) is 4.26. The van der Waals surface area contributed by atoms with Crippen LogP contribution in [0.1, 0.15) is 39.5 Å². The summed E-state index contributed by atoms with van der Waals surface area (Å²) in [6.07, 6.45) is 0. The molecule has 2 aromatic carbocycles. The minimum Gasteiger partial charge on any atom is -0.293 e. The van der Waals surface area contributed by atoms with Gasteiger partial charge in [-0.1, -0.05) is 42.1 Å². The number of Topliss-reactive ketones (excluding diaryl/α,β-unsaturated/α-hetero) is 1. The van der Waals surface area contributed by atoms with Gasteiger partial charge in [0.05, 0.1) is 10.9 Å². The lowest BCUT2D eigenvalue weighted by atomic mass is 10.0. The van der Waals surface area contributed by atoms with Crippen molar-refractivity contribution in [3.05, 3.63) is 64.2 Å². The molecule has 1 heterocycles. The van der Waals surface area contributed by atoms with Crippen molar-refractivity contribution in [3.8, 4) is 5.69 Å². The van der Waals surface area contributed by atoms with Crippen molar-refractivity contribution in [2.24, 2.45) is 0 Å². The Morgan fingerprint density at radius 2 is 1.69 bits per heavy atom. The maximum atomic E-state index is 12.8. The number of carbonyl (C=O) groups is 1. The summed E-state index contributed by atoms with van der Waals surface area (Å²) < 4.78 is 1.72. The summed E-state index contributed by atoms with van der Waals surface area (Å²) in [6, 6.07) is 11.9. The molecule has 26 heavy (non-hydrogen) atoms. The lowest BCUT2D eigenvalue weighted by molar-refractivity contribution is 0.0993. The van der Waals surface area contributed by atoms with E-state index >= 15 is 0 Å². The van der Waals surface area contributed by atoms with Gasteiger partial charge in [-0.15, -0.1) is 5.10 Å². The summed E-state index contributed by atoms with van der Waals surface area (Å²) in [5.74, 6) is 0.0779. The molecule has 0 aliphatic heterocycles. The minimum atomic E-state index is -0.286. The molecular formula is C20H22N4OS. The summed E-state index contributed by atoms with van der Waals surface area (Å²) in [4.78, 5) is 12.8. The lowest BCUT2D eigenvalue weighted by Crippen LogP contribution is -2.15. The van der Waals surface area contributed by atoms with Crippen LogP contribution in [0.2, 0.25) is 0 Å². The molecule has 0 saturated heterocycles. The predicted molar refractivity (Wildman–Crippen MR) is 104 cm³/mol. The minimum absolute atomic E-state index is 0.0779. The van der Waals surface area contributed by atoms with Gasteiger partial charge in [0, 0.05) is 5.56 Å². The molecule has 6 heteroatoms. The molecule has 1 unspecified atom stereocenters. The summed E-state index contributed by atoms with van der Waals surface area (Å²) in [5.41, 5.74) is 6.17. The largest absolute Gasteiger partial charge is 0.293 e. The highest BCUT2D eigenvalue weighted by Gasteiger charge is 2.21. The van der Waals surface area contributed by atoms with Crippen molar-refractivity contribution in [2.45, 2.75) is 45.0 Å². The molecule has 0 amide bonds. The number of carbonyl (C=O) groups excluding carboxylic acids is 1. The molecule has 0 spiro atoms. The number of nitrogens with zero attached hydrogens (tertiary/aromatic N) is 4. The average molecular weight is 366 g/mol. The Balaban J connectivity index is 1.87. The van der Waals surface area contributed by atoms with Gasteiger partial charge < -0.3 is 0 Å². The summed E-state index contributed by atoms with van der Waals surface area (Å²) in [7, 11) is 0. The van der Waals surface area contributed by atoms with E-state index in [0.29, 0.717) is 5.16 Å². The van der Waals surface area contributed by atoms with E-state index in [-0.39, 0.29) is 11.0 Å². The first-order chi connectivity index (χ1) is 12.4. The summed E-state index contributed by atoms with van der Waals surface area (Å²) in [5, 5.41) is 12.4. The number of ketones is 1. The Labute approximate surface area is 157 Å². The molecule has 1 atom stereocenters. The highest BCUT2D eigenvalue weighted by molar-refractivity contribution is 8.00. The van der Waals surface area contributed by atoms with Gasteiger partial charge in [-0.05, 0) is 73.4 Å². The second kappa shape index (κ2) is 7.41. The van der Waals surface area contributed by atoms with Crippen molar-refractivity contribution in [1.82, 2.24) is 20.2 Å². The van der Waals surface area contributed by atoms with Gasteiger partial charge in [0.2, 0.25) is 5.16 Å². The quantitative estimate of drug-likeness (QED) is 0.499. The number of hydrogen-bond donors (Lipinski definition) is 0. The van der Waals surface area contributed by atoms with Crippen LogP contribution in [0, 0.1) is 27.7 Å². The van der Waals surface area contributed by atoms with Crippen LogP contribution in [0.15, 0.2) is 41.6 Å². The van der Waals surface area contributed by atoms with Gasteiger partial charge in [-0.3, -0.25) is 4.79 Å². The molecule has 0 radical (unpaired) electrons. The van der Waals surface area contributed by atoms with Crippen LogP contribution >= 0.6 is 11.8 Å². The van der Waals surface area contributed by atoms with E-state index in [2.05, 4.69) is 15.5 Å². The Kier molecular flexibility index (Phi) is 5.23. The zero-order valence-electron chi connectivity index (χ0n) is 15.6. The van der Waals surface area contributed by atoms with Gasteiger partial charge in [-0.25, -0.2) is 0 Å². The molecule has 5 nitrogen and oxygen atoms in total. The Hall–Kier alpha value is -2.47. The Morgan fingerprint density at radius 3 is 2.35 bits per heavy atom. The maximum Gasteiger partial charge on any atom is 0.214 e. The number of rotatable bonds is 5. The van der Waals surface area contributed by atoms with Gasteiger partial charge in [0.1, 0.15) is 0 Å². The van der Waals surface area contributed by atoms with Crippen LogP contribution in [0.25, 0.3) is 5.69 Å². The molecule has 3 rings (SSSR count). The fourth-order valence-corrected chi connectivity index (χ4v) is 3.74. The molecule has 0 saturated carbocycles. The molecular weight excluding hydrogens is 344 g/mol. The summed E-state index contributed by atoms with van der Waals surface area (Å²) in [6.45, 7) is 10.0. The molecule has 0 aliphatic rings. The number of aryl methyl sites for hydroxylation is 4. The zero-order valence-corrected chi connectivity index (χ0v) is 16.5. The van der Waals surface area contributed by atoms with Crippen LogP contribution in [0.5, 0.6) is 0 Å². The van der Waals surface area contributed by atoms with Crippen LogP contribution in [-0.4, -0.2) is 31.2 Å². The van der Waals surface area contributed by atoms with E-state index in [1.54, 1.807) is 4.68 Å². The first kappa shape index (κ1) is 18.3. The number of thioether (sulfide) groups is 1. The second-order valence-electron chi connectivity index (χ2n) is 6.54. The highest BCUT2D eigenvalue weighted by Crippen LogP contribution is 2.28. The topological polar surface area (TPSA) is 60.7 Å². The van der Waals surface area contributed by atoms with Crippen molar-refractivity contribution in [1.29, 1.82) is 0 Å².